The second-order valence-corrected chi connectivity index (χ2v) is 19.7. The molecule has 0 heterocycles. The van der Waals surface area contributed by atoms with Crippen molar-refractivity contribution in [3.63, 3.8) is 0 Å². The first kappa shape index (κ1) is 21.5. The Morgan fingerprint density at radius 1 is 0.952 bits per heavy atom. The third-order valence-corrected chi connectivity index (χ3v) is 21.0. The molecule has 0 aromatic rings. The normalized spacial score (nSPS) is 12.9. The van der Waals surface area contributed by atoms with Crippen LogP contribution in [-0.2, 0) is 4.74 Å². The van der Waals surface area contributed by atoms with Gasteiger partial charge in [-0.15, -0.1) is 0 Å². The molecule has 0 spiro atoms. The Bertz CT molecular complexity index is 242. The van der Waals surface area contributed by atoms with Gasteiger partial charge in [0.05, 0.1) is 0 Å². The Labute approximate surface area is 137 Å². The monoisotopic (exact) mass is 406 g/mol. The van der Waals surface area contributed by atoms with Crippen molar-refractivity contribution in [2.24, 2.45) is 0 Å². The Balaban J connectivity index is 5.24. The molecule has 0 fully saturated rings. The van der Waals surface area contributed by atoms with E-state index in [0.717, 1.165) is 13.0 Å². The van der Waals surface area contributed by atoms with Crippen LogP contribution in [0.4, 0.5) is 0 Å². The van der Waals surface area contributed by atoms with Crippen molar-refractivity contribution in [1.29, 1.82) is 0 Å². The maximum atomic E-state index is 9.49. The summed E-state index contributed by atoms with van der Waals surface area (Å²) >= 11 is -2.31. The van der Waals surface area contributed by atoms with Crippen molar-refractivity contribution in [3.05, 3.63) is 9.67 Å². The summed E-state index contributed by atoms with van der Waals surface area (Å²) in [5.74, 6) is 0. The minimum atomic E-state index is -2.31. The van der Waals surface area contributed by atoms with Crippen molar-refractivity contribution >= 4 is 18.4 Å². The number of methoxy groups -OCH3 is 1. The number of hydrogen-bond donors (Lipinski definition) is 1. The van der Waals surface area contributed by atoms with Crippen molar-refractivity contribution in [3.8, 4) is 0 Å². The van der Waals surface area contributed by atoms with Crippen LogP contribution in [0.1, 0.15) is 65.7 Å². The molecule has 0 radical (unpaired) electrons. The van der Waals surface area contributed by atoms with Gasteiger partial charge < -0.3 is 0 Å². The quantitative estimate of drug-likeness (QED) is 0.396. The molecule has 0 unspecified atom stereocenters. The van der Waals surface area contributed by atoms with E-state index in [-0.39, 0.29) is 6.61 Å². The summed E-state index contributed by atoms with van der Waals surface area (Å²) in [7, 11) is 1.79. The van der Waals surface area contributed by atoms with E-state index in [9.17, 15) is 5.11 Å². The fourth-order valence-electron chi connectivity index (χ4n) is 3.31. The van der Waals surface area contributed by atoms with Crippen molar-refractivity contribution in [2.75, 3.05) is 20.3 Å². The molecule has 0 amide bonds. The van der Waals surface area contributed by atoms with Crippen LogP contribution in [0.25, 0.3) is 0 Å². The van der Waals surface area contributed by atoms with Gasteiger partial charge in [0, 0.05) is 0 Å². The summed E-state index contributed by atoms with van der Waals surface area (Å²) < 4.78 is 11.4. The number of ether oxygens (including phenoxy) is 1. The molecule has 0 aliphatic heterocycles. The van der Waals surface area contributed by atoms with Gasteiger partial charge in [-0.2, -0.15) is 0 Å². The Kier molecular flexibility index (Phi) is 14.4. The van der Waals surface area contributed by atoms with Gasteiger partial charge in [-0.1, -0.05) is 0 Å². The standard InChI is InChI=1S/C6H11O2.3C4H9.Sn/c1-8-6-4-2-3-5-7;3*1-3-4-2;/h3,7H,4-6H2,1H3;3*1,3-4H2,2H3;. The topological polar surface area (TPSA) is 29.5 Å². The second-order valence-electron chi connectivity index (χ2n) is 6.25. The third-order valence-electron chi connectivity index (χ3n) is 4.62. The van der Waals surface area contributed by atoms with Gasteiger partial charge in [-0.3, -0.25) is 0 Å². The summed E-state index contributed by atoms with van der Waals surface area (Å²) in [5.41, 5.74) is 0. The number of hydrogen-bond acceptors (Lipinski definition) is 2. The molecule has 0 aliphatic carbocycles. The molecule has 3 heteroatoms. The SMILES string of the molecule is CCC[CH2][Sn]([CH2]CCC)([CH2]CCC)/[C](=C/CO)CCOC. The van der Waals surface area contributed by atoms with Crippen LogP contribution in [0, 0.1) is 0 Å². The molecule has 1 N–H and O–H groups in total. The molecule has 0 aromatic heterocycles. The first-order valence-corrected chi connectivity index (χ1v) is 16.5. The third kappa shape index (κ3) is 8.61. The van der Waals surface area contributed by atoms with Crippen LogP contribution in [0.2, 0.25) is 13.3 Å². The zero-order chi connectivity index (χ0) is 16.0. The first-order valence-electron chi connectivity index (χ1n) is 9.00. The molecular formula is C18H38O2Sn. The Hall–Kier alpha value is 0.459. The van der Waals surface area contributed by atoms with Gasteiger partial charge >= 0.3 is 137 Å². The van der Waals surface area contributed by atoms with Crippen LogP contribution in [0.5, 0.6) is 0 Å². The fraction of sp³-hybridized carbons (Fsp3) is 0.889. The van der Waals surface area contributed by atoms with Gasteiger partial charge in [0.15, 0.2) is 0 Å². The molecule has 21 heavy (non-hydrogen) atoms. The molecule has 0 saturated carbocycles. The van der Waals surface area contributed by atoms with Gasteiger partial charge in [0.25, 0.3) is 0 Å². The average Bonchev–Trinajstić information content (AvgIpc) is 2.51. The first-order chi connectivity index (χ1) is 10.2. The van der Waals surface area contributed by atoms with Crippen LogP contribution in [0.15, 0.2) is 9.67 Å². The predicted molar refractivity (Wildman–Crippen MR) is 96.6 cm³/mol. The van der Waals surface area contributed by atoms with E-state index in [1.165, 1.54) is 51.8 Å². The molecule has 0 atom stereocenters. The average molecular weight is 405 g/mol. The summed E-state index contributed by atoms with van der Waals surface area (Å²) in [4.78, 5) is 0. The van der Waals surface area contributed by atoms with Crippen LogP contribution >= 0.6 is 0 Å². The van der Waals surface area contributed by atoms with E-state index in [0.29, 0.717) is 0 Å². The molecule has 0 aliphatic rings. The molecule has 0 saturated heterocycles. The minimum absolute atomic E-state index is 0.210. The van der Waals surface area contributed by atoms with E-state index in [2.05, 4.69) is 26.8 Å². The van der Waals surface area contributed by atoms with E-state index in [4.69, 9.17) is 4.74 Å². The molecule has 0 aromatic carbocycles. The van der Waals surface area contributed by atoms with E-state index in [1.54, 1.807) is 10.7 Å². The van der Waals surface area contributed by atoms with E-state index >= 15 is 0 Å². The maximum absolute atomic E-state index is 9.49. The van der Waals surface area contributed by atoms with Crippen LogP contribution in [-0.4, -0.2) is 43.8 Å². The molecule has 126 valence electrons. The number of aliphatic hydroxyl groups is 1. The molecule has 0 rings (SSSR count). The van der Waals surface area contributed by atoms with Gasteiger partial charge in [0.1, 0.15) is 0 Å². The second kappa shape index (κ2) is 14.1. The fourth-order valence-corrected chi connectivity index (χ4v) is 20.3. The molecule has 2 nitrogen and oxygen atoms in total. The summed E-state index contributed by atoms with van der Waals surface area (Å²) in [5, 5.41) is 9.49. The zero-order valence-corrected chi connectivity index (χ0v) is 17.8. The molecule has 0 bridgehead atoms. The van der Waals surface area contributed by atoms with Crippen LogP contribution < -0.4 is 0 Å². The summed E-state index contributed by atoms with van der Waals surface area (Å²) in [6.45, 7) is 7.94. The zero-order valence-electron chi connectivity index (χ0n) is 14.9. The predicted octanol–water partition coefficient (Wildman–Crippen LogP) is 5.33. The van der Waals surface area contributed by atoms with Crippen molar-refractivity contribution < 1.29 is 9.84 Å². The van der Waals surface area contributed by atoms with E-state index in [1.807, 2.05) is 0 Å². The van der Waals surface area contributed by atoms with Gasteiger partial charge in [-0.05, 0) is 0 Å². The van der Waals surface area contributed by atoms with Crippen molar-refractivity contribution in [1.82, 2.24) is 0 Å². The van der Waals surface area contributed by atoms with E-state index < -0.39 is 18.4 Å². The number of unbranched alkanes of at least 4 members (excludes halogenated alkanes) is 3. The Morgan fingerprint density at radius 2 is 1.43 bits per heavy atom. The van der Waals surface area contributed by atoms with Gasteiger partial charge in [0.2, 0.25) is 0 Å². The van der Waals surface area contributed by atoms with Crippen molar-refractivity contribution in [2.45, 2.75) is 79.0 Å². The number of aliphatic hydroxyl groups excluding tert-OH is 1. The van der Waals surface area contributed by atoms with Crippen LogP contribution in [0.3, 0.4) is 0 Å². The molecular weight excluding hydrogens is 367 g/mol. The Morgan fingerprint density at radius 3 is 1.76 bits per heavy atom. The van der Waals surface area contributed by atoms with Gasteiger partial charge in [-0.25, -0.2) is 0 Å². The summed E-state index contributed by atoms with van der Waals surface area (Å²) in [6, 6.07) is 0. The number of rotatable bonds is 14. The summed E-state index contributed by atoms with van der Waals surface area (Å²) in [6.07, 6.45) is 11.2.